The van der Waals surface area contributed by atoms with Crippen LogP contribution in [0.3, 0.4) is 0 Å². The van der Waals surface area contributed by atoms with Gasteiger partial charge in [0.15, 0.2) is 5.65 Å². The molecular formula is C28H28F3N3O. The highest BCUT2D eigenvalue weighted by molar-refractivity contribution is 5.77. The average Bonchev–Trinajstić information content (AvgIpc) is 3.29. The molecule has 1 unspecified atom stereocenters. The number of alkyl halides is 3. The topological polar surface area (TPSA) is 39.4 Å². The molecule has 182 valence electrons. The highest BCUT2D eigenvalue weighted by Crippen LogP contribution is 2.39. The molecular weight excluding hydrogens is 451 g/mol. The SMILES string of the molecule is CC(Cc1ccccc1)(CC1CCOCC1)c1ccnc2c(-c3ccc(C(F)(F)F)cc3)cnn12. The van der Waals surface area contributed by atoms with E-state index >= 15 is 0 Å². The maximum Gasteiger partial charge on any atom is 0.416 e. The van der Waals surface area contributed by atoms with Crippen molar-refractivity contribution in [2.45, 2.75) is 44.2 Å². The predicted octanol–water partition coefficient (Wildman–Crippen LogP) is 6.73. The molecule has 3 heterocycles. The van der Waals surface area contributed by atoms with Crippen molar-refractivity contribution in [3.8, 4) is 11.1 Å². The molecule has 1 aliphatic rings. The van der Waals surface area contributed by atoms with Crippen LogP contribution in [0.5, 0.6) is 0 Å². The first-order valence-electron chi connectivity index (χ1n) is 12.0. The van der Waals surface area contributed by atoms with Gasteiger partial charge >= 0.3 is 6.18 Å². The number of fused-ring (bicyclic) bond motifs is 1. The minimum atomic E-state index is -4.37. The highest BCUT2D eigenvalue weighted by atomic mass is 19.4. The van der Waals surface area contributed by atoms with E-state index in [0.29, 0.717) is 22.7 Å². The average molecular weight is 480 g/mol. The number of hydrogen-bond acceptors (Lipinski definition) is 3. The van der Waals surface area contributed by atoms with Crippen LogP contribution in [-0.2, 0) is 22.7 Å². The van der Waals surface area contributed by atoms with Gasteiger partial charge in [0, 0.05) is 30.4 Å². The zero-order valence-electron chi connectivity index (χ0n) is 19.6. The summed E-state index contributed by atoms with van der Waals surface area (Å²) in [6.45, 7) is 3.86. The molecule has 1 atom stereocenters. The van der Waals surface area contributed by atoms with E-state index in [1.165, 1.54) is 17.7 Å². The van der Waals surface area contributed by atoms with Crippen molar-refractivity contribution in [3.63, 3.8) is 0 Å². The summed E-state index contributed by atoms with van der Waals surface area (Å²) in [5, 5.41) is 4.67. The first-order valence-corrected chi connectivity index (χ1v) is 12.0. The lowest BCUT2D eigenvalue weighted by molar-refractivity contribution is -0.137. The van der Waals surface area contributed by atoms with Crippen LogP contribution in [0.25, 0.3) is 16.8 Å². The molecule has 2 aromatic carbocycles. The molecule has 35 heavy (non-hydrogen) atoms. The number of benzene rings is 2. The summed E-state index contributed by atoms with van der Waals surface area (Å²) in [4.78, 5) is 4.57. The molecule has 1 saturated heterocycles. The molecule has 4 nitrogen and oxygen atoms in total. The zero-order valence-corrected chi connectivity index (χ0v) is 19.6. The summed E-state index contributed by atoms with van der Waals surface area (Å²) >= 11 is 0. The standard InChI is InChI=1S/C28H28F3N3O/c1-27(17-20-5-3-2-4-6-20,18-21-12-15-35-16-13-21)25-11-14-32-26-24(19-33-34(25)26)22-7-9-23(10-8-22)28(29,30)31/h2-11,14,19,21H,12-13,15-18H2,1H3. The molecule has 0 amide bonds. The van der Waals surface area contributed by atoms with Gasteiger partial charge in [0.05, 0.1) is 17.5 Å². The number of rotatable bonds is 6. The van der Waals surface area contributed by atoms with Gasteiger partial charge in [-0.25, -0.2) is 9.50 Å². The maximum atomic E-state index is 13.0. The molecule has 2 aromatic heterocycles. The third kappa shape index (κ3) is 4.96. The fourth-order valence-electron chi connectivity index (χ4n) is 5.29. The normalized spacial score (nSPS) is 16.9. The second-order valence-corrected chi connectivity index (χ2v) is 9.68. The van der Waals surface area contributed by atoms with Crippen molar-refractivity contribution in [1.82, 2.24) is 14.6 Å². The van der Waals surface area contributed by atoms with Crippen molar-refractivity contribution < 1.29 is 17.9 Å². The Balaban J connectivity index is 1.55. The van der Waals surface area contributed by atoms with E-state index in [1.807, 2.05) is 16.6 Å². The Kier molecular flexibility index (Phi) is 6.36. The number of nitrogens with zero attached hydrogens (tertiary/aromatic N) is 3. The molecule has 4 aromatic rings. The fourth-order valence-corrected chi connectivity index (χ4v) is 5.29. The first kappa shape index (κ1) is 23.5. The lowest BCUT2D eigenvalue weighted by Crippen LogP contribution is -2.33. The van der Waals surface area contributed by atoms with Crippen molar-refractivity contribution in [2.24, 2.45) is 5.92 Å². The molecule has 0 bridgehead atoms. The van der Waals surface area contributed by atoms with Gasteiger partial charge in [0.25, 0.3) is 0 Å². The smallest absolute Gasteiger partial charge is 0.381 e. The summed E-state index contributed by atoms with van der Waals surface area (Å²) in [5.41, 5.74) is 3.44. The van der Waals surface area contributed by atoms with Gasteiger partial charge in [-0.15, -0.1) is 0 Å². The van der Waals surface area contributed by atoms with Gasteiger partial charge in [0.2, 0.25) is 0 Å². The Morgan fingerprint density at radius 1 is 0.971 bits per heavy atom. The Bertz CT molecular complexity index is 1280. The second-order valence-electron chi connectivity index (χ2n) is 9.68. The molecule has 0 N–H and O–H groups in total. The summed E-state index contributed by atoms with van der Waals surface area (Å²) in [7, 11) is 0. The summed E-state index contributed by atoms with van der Waals surface area (Å²) in [6, 6.07) is 17.6. The van der Waals surface area contributed by atoms with Gasteiger partial charge in [-0.1, -0.05) is 49.4 Å². The maximum absolute atomic E-state index is 13.0. The van der Waals surface area contributed by atoms with E-state index in [1.54, 1.807) is 12.4 Å². The van der Waals surface area contributed by atoms with Crippen molar-refractivity contribution in [3.05, 3.63) is 89.9 Å². The highest BCUT2D eigenvalue weighted by Gasteiger charge is 2.34. The summed E-state index contributed by atoms with van der Waals surface area (Å²) in [6.07, 6.45) is 3.02. The molecule has 0 radical (unpaired) electrons. The van der Waals surface area contributed by atoms with Crippen LogP contribution in [0.1, 0.15) is 43.0 Å². The largest absolute Gasteiger partial charge is 0.416 e. The van der Waals surface area contributed by atoms with Crippen LogP contribution in [0.4, 0.5) is 13.2 Å². The molecule has 7 heteroatoms. The Hall–Kier alpha value is -3.19. The molecule has 1 aliphatic heterocycles. The van der Waals surface area contributed by atoms with Gasteiger partial charge in [0.1, 0.15) is 0 Å². The summed E-state index contributed by atoms with van der Waals surface area (Å²) in [5.74, 6) is 0.547. The van der Waals surface area contributed by atoms with Gasteiger partial charge in [-0.05, 0) is 60.9 Å². The van der Waals surface area contributed by atoms with Crippen molar-refractivity contribution in [2.75, 3.05) is 13.2 Å². The second kappa shape index (κ2) is 9.46. The number of halogens is 3. The van der Waals surface area contributed by atoms with Crippen LogP contribution < -0.4 is 0 Å². The molecule has 0 spiro atoms. The van der Waals surface area contributed by atoms with E-state index in [4.69, 9.17) is 4.74 Å². The zero-order chi connectivity index (χ0) is 24.5. The quantitative estimate of drug-likeness (QED) is 0.308. The number of hydrogen-bond donors (Lipinski definition) is 0. The Labute approximate surface area is 202 Å². The van der Waals surface area contributed by atoms with Gasteiger partial charge < -0.3 is 4.74 Å². The fraction of sp³-hybridized carbons (Fsp3) is 0.357. The lowest BCUT2D eigenvalue weighted by Gasteiger charge is -2.35. The van der Waals surface area contributed by atoms with E-state index in [0.717, 1.165) is 56.7 Å². The Morgan fingerprint density at radius 2 is 1.69 bits per heavy atom. The third-order valence-corrected chi connectivity index (χ3v) is 7.06. The van der Waals surface area contributed by atoms with Crippen LogP contribution >= 0.6 is 0 Å². The van der Waals surface area contributed by atoms with Gasteiger partial charge in [-0.2, -0.15) is 18.3 Å². The minimum Gasteiger partial charge on any atom is -0.381 e. The number of ether oxygens (including phenoxy) is 1. The monoisotopic (exact) mass is 479 g/mol. The van der Waals surface area contributed by atoms with Crippen LogP contribution in [0.15, 0.2) is 73.1 Å². The third-order valence-electron chi connectivity index (χ3n) is 7.06. The predicted molar refractivity (Wildman–Crippen MR) is 129 cm³/mol. The summed E-state index contributed by atoms with van der Waals surface area (Å²) < 4.78 is 46.6. The molecule has 5 rings (SSSR count). The van der Waals surface area contributed by atoms with Crippen LogP contribution in [0.2, 0.25) is 0 Å². The van der Waals surface area contributed by atoms with E-state index < -0.39 is 11.7 Å². The van der Waals surface area contributed by atoms with E-state index in [-0.39, 0.29) is 5.41 Å². The molecule has 0 aliphatic carbocycles. The van der Waals surface area contributed by atoms with E-state index in [9.17, 15) is 13.2 Å². The first-order chi connectivity index (χ1) is 16.8. The van der Waals surface area contributed by atoms with Crippen LogP contribution in [0, 0.1) is 5.92 Å². The Morgan fingerprint density at radius 3 is 2.37 bits per heavy atom. The van der Waals surface area contributed by atoms with Crippen molar-refractivity contribution in [1.29, 1.82) is 0 Å². The van der Waals surface area contributed by atoms with Crippen LogP contribution in [-0.4, -0.2) is 27.8 Å². The molecule has 1 fully saturated rings. The number of aromatic nitrogens is 3. The minimum absolute atomic E-state index is 0.214. The van der Waals surface area contributed by atoms with E-state index in [2.05, 4.69) is 41.3 Å². The van der Waals surface area contributed by atoms with Crippen molar-refractivity contribution >= 4 is 5.65 Å². The lowest BCUT2D eigenvalue weighted by atomic mass is 9.72. The van der Waals surface area contributed by atoms with Gasteiger partial charge in [-0.3, -0.25) is 0 Å². The molecule has 0 saturated carbocycles.